The van der Waals surface area contributed by atoms with Crippen molar-refractivity contribution in [3.05, 3.63) is 12.7 Å². The minimum Gasteiger partial charge on any atom is -0.444 e. The molecule has 0 aliphatic carbocycles. The van der Waals surface area contributed by atoms with E-state index in [2.05, 4.69) is 11.9 Å². The number of ether oxygens (including phenoxy) is 1. The molecule has 0 rings (SSSR count). The summed E-state index contributed by atoms with van der Waals surface area (Å²) in [6.45, 7) is 8.75. The lowest BCUT2D eigenvalue weighted by molar-refractivity contribution is -0.118. The molecule has 5 nitrogen and oxygen atoms in total. The zero-order chi connectivity index (χ0) is 12.1. The van der Waals surface area contributed by atoms with E-state index in [-0.39, 0.29) is 6.42 Å². The lowest BCUT2D eigenvalue weighted by Crippen LogP contribution is -2.40. The smallest absolute Gasteiger partial charge is 0.408 e. The average Bonchev–Trinajstić information content (AvgIpc) is 1.98. The predicted molar refractivity (Wildman–Crippen MR) is 57.2 cm³/mol. The minimum absolute atomic E-state index is 0.0166. The second-order valence-electron chi connectivity index (χ2n) is 4.16. The van der Waals surface area contributed by atoms with Crippen molar-refractivity contribution in [2.45, 2.75) is 38.8 Å². The van der Waals surface area contributed by atoms with Crippen LogP contribution in [0.15, 0.2) is 12.7 Å². The van der Waals surface area contributed by atoms with E-state index >= 15 is 0 Å². The molecule has 0 aliphatic rings. The van der Waals surface area contributed by atoms with Crippen molar-refractivity contribution in [3.8, 4) is 0 Å². The Labute approximate surface area is 89.7 Å². The zero-order valence-corrected chi connectivity index (χ0v) is 9.37. The zero-order valence-electron chi connectivity index (χ0n) is 9.37. The Hall–Kier alpha value is -1.52. The van der Waals surface area contributed by atoms with E-state index in [0.717, 1.165) is 0 Å². The highest BCUT2D eigenvalue weighted by Gasteiger charge is 2.18. The maximum absolute atomic E-state index is 11.3. The van der Waals surface area contributed by atoms with Gasteiger partial charge < -0.3 is 15.8 Å². The van der Waals surface area contributed by atoms with Gasteiger partial charge in [0.2, 0.25) is 5.91 Å². The number of hydrogen-bond acceptors (Lipinski definition) is 3. The molecule has 86 valence electrons. The fourth-order valence-electron chi connectivity index (χ4n) is 0.869. The van der Waals surface area contributed by atoms with Crippen LogP contribution in [-0.2, 0) is 9.53 Å². The van der Waals surface area contributed by atoms with Gasteiger partial charge in [-0.25, -0.2) is 4.79 Å². The fraction of sp³-hybridized carbons (Fsp3) is 0.600. The standard InChI is InChI=1S/C10H18N2O3/c1-5-7(6-8(11)13)12-9(14)15-10(2,3)4/h5,7H,1,6H2,2-4H3,(H2,11,13)(H,12,14)/t7-/m0/s1. The van der Waals surface area contributed by atoms with Gasteiger partial charge in [0, 0.05) is 0 Å². The number of nitrogens with two attached hydrogens (primary N) is 1. The molecule has 5 heteroatoms. The number of rotatable bonds is 4. The Morgan fingerprint density at radius 1 is 1.53 bits per heavy atom. The molecule has 0 aromatic heterocycles. The van der Waals surface area contributed by atoms with Gasteiger partial charge in [0.25, 0.3) is 0 Å². The maximum Gasteiger partial charge on any atom is 0.408 e. The molecule has 0 heterocycles. The van der Waals surface area contributed by atoms with Crippen LogP contribution < -0.4 is 11.1 Å². The molecule has 0 unspecified atom stereocenters. The van der Waals surface area contributed by atoms with Gasteiger partial charge in [0.15, 0.2) is 0 Å². The SMILES string of the molecule is C=C[C@@H](CC(N)=O)NC(=O)OC(C)(C)C. The number of alkyl carbamates (subject to hydrolysis) is 1. The molecule has 0 aliphatic heterocycles. The molecule has 0 bridgehead atoms. The highest BCUT2D eigenvalue weighted by molar-refractivity contribution is 5.76. The molecular weight excluding hydrogens is 196 g/mol. The molecule has 0 fully saturated rings. The van der Waals surface area contributed by atoms with E-state index in [1.165, 1.54) is 6.08 Å². The third-order valence-corrected chi connectivity index (χ3v) is 1.41. The van der Waals surface area contributed by atoms with Gasteiger partial charge in [0.05, 0.1) is 12.5 Å². The van der Waals surface area contributed by atoms with Gasteiger partial charge in [0.1, 0.15) is 5.60 Å². The first-order valence-corrected chi connectivity index (χ1v) is 4.65. The molecular formula is C10H18N2O3. The summed E-state index contributed by atoms with van der Waals surface area (Å²) in [5, 5.41) is 2.47. The Bertz CT molecular complexity index is 256. The van der Waals surface area contributed by atoms with Gasteiger partial charge >= 0.3 is 6.09 Å². The Balaban J connectivity index is 4.13. The van der Waals surface area contributed by atoms with Gasteiger partial charge in [-0.3, -0.25) is 4.79 Å². The number of primary amides is 1. The van der Waals surface area contributed by atoms with Crippen molar-refractivity contribution in [3.63, 3.8) is 0 Å². The van der Waals surface area contributed by atoms with Crippen LogP contribution in [0.2, 0.25) is 0 Å². The summed E-state index contributed by atoms with van der Waals surface area (Å²) in [6.07, 6.45) is 0.867. The molecule has 0 saturated heterocycles. The van der Waals surface area contributed by atoms with Crippen molar-refractivity contribution in [2.75, 3.05) is 0 Å². The van der Waals surface area contributed by atoms with Gasteiger partial charge in [-0.15, -0.1) is 6.58 Å². The number of nitrogens with one attached hydrogen (secondary N) is 1. The normalized spacial score (nSPS) is 12.7. The van der Waals surface area contributed by atoms with Crippen molar-refractivity contribution >= 4 is 12.0 Å². The first kappa shape index (κ1) is 13.5. The minimum atomic E-state index is -0.589. The fourth-order valence-corrected chi connectivity index (χ4v) is 0.869. The summed E-state index contributed by atoms with van der Waals surface area (Å²) in [4.78, 5) is 21.9. The molecule has 0 aromatic rings. The summed E-state index contributed by atoms with van der Waals surface area (Å²) < 4.78 is 5.00. The molecule has 0 aromatic carbocycles. The van der Waals surface area contributed by atoms with E-state index in [1.54, 1.807) is 20.8 Å². The van der Waals surface area contributed by atoms with Crippen molar-refractivity contribution in [1.29, 1.82) is 0 Å². The quantitative estimate of drug-likeness (QED) is 0.683. The van der Waals surface area contributed by atoms with Crippen molar-refractivity contribution in [1.82, 2.24) is 5.32 Å². The van der Waals surface area contributed by atoms with Crippen LogP contribution in [0, 0.1) is 0 Å². The van der Waals surface area contributed by atoms with Crippen LogP contribution in [0.5, 0.6) is 0 Å². The summed E-state index contributed by atoms with van der Waals surface area (Å²) in [6, 6.07) is -0.489. The summed E-state index contributed by atoms with van der Waals surface area (Å²) in [5.41, 5.74) is 4.43. The summed E-state index contributed by atoms with van der Waals surface area (Å²) >= 11 is 0. The first-order chi connectivity index (χ1) is 6.74. The molecule has 1 atom stereocenters. The van der Waals surface area contributed by atoms with Crippen molar-refractivity contribution in [2.24, 2.45) is 5.73 Å². The molecule has 0 spiro atoms. The lowest BCUT2D eigenvalue weighted by atomic mass is 10.2. The average molecular weight is 214 g/mol. The van der Waals surface area contributed by atoms with E-state index in [9.17, 15) is 9.59 Å². The van der Waals surface area contributed by atoms with Gasteiger partial charge in [-0.1, -0.05) is 6.08 Å². The number of carbonyl (C=O) groups excluding carboxylic acids is 2. The van der Waals surface area contributed by atoms with Crippen LogP contribution in [0.25, 0.3) is 0 Å². The second-order valence-corrected chi connectivity index (χ2v) is 4.16. The van der Waals surface area contributed by atoms with E-state index in [1.807, 2.05) is 0 Å². The molecule has 2 amide bonds. The third kappa shape index (κ3) is 7.54. The maximum atomic E-state index is 11.3. The molecule has 0 saturated carbocycles. The van der Waals surface area contributed by atoms with Gasteiger partial charge in [-0.05, 0) is 20.8 Å². The topological polar surface area (TPSA) is 81.4 Å². The highest BCUT2D eigenvalue weighted by Crippen LogP contribution is 2.07. The lowest BCUT2D eigenvalue weighted by Gasteiger charge is -2.21. The number of hydrogen-bond donors (Lipinski definition) is 2. The third-order valence-electron chi connectivity index (χ3n) is 1.41. The van der Waals surface area contributed by atoms with Crippen LogP contribution in [0.4, 0.5) is 4.79 Å². The van der Waals surface area contributed by atoms with Crippen LogP contribution in [-0.4, -0.2) is 23.6 Å². The summed E-state index contributed by atoms with van der Waals surface area (Å²) in [7, 11) is 0. The van der Waals surface area contributed by atoms with Crippen LogP contribution in [0.1, 0.15) is 27.2 Å². The Kier molecular flexibility index (Phi) is 4.84. The molecule has 15 heavy (non-hydrogen) atoms. The summed E-state index contributed by atoms with van der Waals surface area (Å²) in [5.74, 6) is -0.504. The Morgan fingerprint density at radius 3 is 2.40 bits per heavy atom. The first-order valence-electron chi connectivity index (χ1n) is 4.65. The van der Waals surface area contributed by atoms with E-state index < -0.39 is 23.6 Å². The van der Waals surface area contributed by atoms with Crippen molar-refractivity contribution < 1.29 is 14.3 Å². The van der Waals surface area contributed by atoms with E-state index in [0.29, 0.717) is 0 Å². The van der Waals surface area contributed by atoms with Crippen LogP contribution in [0.3, 0.4) is 0 Å². The second kappa shape index (κ2) is 5.38. The monoisotopic (exact) mass is 214 g/mol. The highest BCUT2D eigenvalue weighted by atomic mass is 16.6. The Morgan fingerprint density at radius 2 is 2.07 bits per heavy atom. The predicted octanol–water partition coefficient (Wildman–Crippen LogP) is 0.941. The van der Waals surface area contributed by atoms with E-state index in [4.69, 9.17) is 10.5 Å². The molecule has 0 radical (unpaired) electrons. The number of amides is 2. The largest absolute Gasteiger partial charge is 0.444 e. The van der Waals surface area contributed by atoms with Gasteiger partial charge in [-0.2, -0.15) is 0 Å². The van der Waals surface area contributed by atoms with Crippen LogP contribution >= 0.6 is 0 Å². The molecule has 3 N–H and O–H groups in total. The number of carbonyl (C=O) groups is 2.